The molecule has 0 spiro atoms. The minimum Gasteiger partial charge on any atom is -0.433 e. The number of hydrogen-bond acceptors (Lipinski definition) is 4. The normalized spacial score (nSPS) is 14.7. The largest absolute Gasteiger partial charge is 0.433 e. The Labute approximate surface area is 191 Å². The molecule has 166 valence electrons. The smallest absolute Gasteiger partial charge is 0.340 e. The van der Waals surface area contributed by atoms with Crippen LogP contribution in [0.15, 0.2) is 78.9 Å². The van der Waals surface area contributed by atoms with Crippen LogP contribution in [-0.2, 0) is 4.74 Å². The van der Waals surface area contributed by atoms with Gasteiger partial charge in [0.2, 0.25) is 6.23 Å². The Morgan fingerprint density at radius 2 is 1.31 bits per heavy atom. The predicted molar refractivity (Wildman–Crippen MR) is 132 cm³/mol. The summed E-state index contributed by atoms with van der Waals surface area (Å²) >= 11 is 0. The van der Waals surface area contributed by atoms with Gasteiger partial charge < -0.3 is 14.5 Å². The fourth-order valence-corrected chi connectivity index (χ4v) is 4.22. The van der Waals surface area contributed by atoms with Crippen molar-refractivity contribution in [3.05, 3.63) is 90.0 Å². The average Bonchev–Trinajstić information content (AvgIpc) is 3.16. The number of benzene rings is 3. The van der Waals surface area contributed by atoms with E-state index >= 15 is 0 Å². The summed E-state index contributed by atoms with van der Waals surface area (Å²) in [6.45, 7) is 6.44. The molecule has 3 aromatic carbocycles. The van der Waals surface area contributed by atoms with Crippen LogP contribution in [0.2, 0.25) is 0 Å². The van der Waals surface area contributed by atoms with E-state index in [1.54, 1.807) is 0 Å². The molecule has 1 atom stereocenters. The van der Waals surface area contributed by atoms with Crippen molar-refractivity contribution in [1.82, 2.24) is 0 Å². The minimum absolute atomic E-state index is 0.255. The monoisotopic (exact) mass is 428 g/mol. The Kier molecular flexibility index (Phi) is 7.10. The Balaban J connectivity index is 1.70. The van der Waals surface area contributed by atoms with Crippen molar-refractivity contribution < 1.29 is 9.53 Å². The molecule has 1 aliphatic heterocycles. The van der Waals surface area contributed by atoms with Crippen molar-refractivity contribution in [2.45, 2.75) is 45.8 Å². The third-order valence-electron chi connectivity index (χ3n) is 5.97. The number of ether oxygens (including phenoxy) is 1. The number of hydrogen-bond donors (Lipinski definition) is 0. The topological polar surface area (TPSA) is 32.8 Å². The van der Waals surface area contributed by atoms with Gasteiger partial charge in [0, 0.05) is 35.7 Å². The van der Waals surface area contributed by atoms with Crippen molar-refractivity contribution in [3.8, 4) is 0 Å². The van der Waals surface area contributed by atoms with E-state index in [1.165, 1.54) is 0 Å². The van der Waals surface area contributed by atoms with Gasteiger partial charge >= 0.3 is 5.97 Å². The summed E-state index contributed by atoms with van der Waals surface area (Å²) in [6.07, 6.45) is 4.10. The lowest BCUT2D eigenvalue weighted by atomic mass is 10.0. The number of anilines is 3. The van der Waals surface area contributed by atoms with Gasteiger partial charge in [-0.2, -0.15) is 0 Å². The number of para-hydroxylation sites is 2. The molecule has 4 rings (SSSR count). The molecule has 3 aromatic rings. The van der Waals surface area contributed by atoms with Gasteiger partial charge in [-0.25, -0.2) is 4.79 Å². The van der Waals surface area contributed by atoms with Gasteiger partial charge in [-0.3, -0.25) is 0 Å². The highest BCUT2D eigenvalue weighted by Gasteiger charge is 2.36. The molecule has 0 aromatic heterocycles. The Bertz CT molecular complexity index is 973. The number of esters is 1. The second kappa shape index (κ2) is 10.4. The lowest BCUT2D eigenvalue weighted by Gasteiger charge is -2.30. The van der Waals surface area contributed by atoms with Crippen molar-refractivity contribution in [2.75, 3.05) is 22.9 Å². The van der Waals surface area contributed by atoms with E-state index in [0.717, 1.165) is 61.4 Å². The molecule has 1 unspecified atom stereocenters. The summed E-state index contributed by atoms with van der Waals surface area (Å²) < 4.78 is 5.97. The van der Waals surface area contributed by atoms with Crippen LogP contribution < -0.4 is 9.80 Å². The summed E-state index contributed by atoms with van der Waals surface area (Å²) in [5.41, 5.74) is 4.66. The van der Waals surface area contributed by atoms with Crippen molar-refractivity contribution in [2.24, 2.45) is 0 Å². The van der Waals surface area contributed by atoms with Crippen LogP contribution >= 0.6 is 0 Å². The van der Waals surface area contributed by atoms with Gasteiger partial charge in [-0.1, -0.05) is 69.2 Å². The van der Waals surface area contributed by atoms with Crippen molar-refractivity contribution >= 4 is 23.0 Å². The van der Waals surface area contributed by atoms with Crippen LogP contribution in [0.3, 0.4) is 0 Å². The molecule has 32 heavy (non-hydrogen) atoms. The molecule has 4 nitrogen and oxygen atoms in total. The molecule has 0 N–H and O–H groups in total. The number of fused-ring (bicyclic) bond motifs is 1. The van der Waals surface area contributed by atoms with E-state index in [4.69, 9.17) is 4.74 Å². The fraction of sp³-hybridized carbons (Fsp3) is 0.321. The van der Waals surface area contributed by atoms with E-state index in [-0.39, 0.29) is 5.97 Å². The Hall–Kier alpha value is -3.27. The van der Waals surface area contributed by atoms with Gasteiger partial charge in [0.05, 0.1) is 5.56 Å². The maximum atomic E-state index is 13.0. The molecule has 0 aliphatic carbocycles. The van der Waals surface area contributed by atoms with E-state index < -0.39 is 6.23 Å². The Morgan fingerprint density at radius 1 is 0.750 bits per heavy atom. The van der Waals surface area contributed by atoms with Crippen LogP contribution in [0.1, 0.15) is 61.7 Å². The predicted octanol–water partition coefficient (Wildman–Crippen LogP) is 7.10. The number of nitrogens with zero attached hydrogens (tertiary/aromatic N) is 2. The molecular weight excluding hydrogens is 396 g/mol. The van der Waals surface area contributed by atoms with Crippen LogP contribution in [0.25, 0.3) is 0 Å². The molecule has 0 saturated heterocycles. The van der Waals surface area contributed by atoms with E-state index in [2.05, 4.69) is 35.8 Å². The molecule has 1 heterocycles. The highest BCUT2D eigenvalue weighted by atomic mass is 16.6. The maximum absolute atomic E-state index is 13.0. The fourth-order valence-electron chi connectivity index (χ4n) is 4.22. The van der Waals surface area contributed by atoms with E-state index in [9.17, 15) is 4.79 Å². The van der Waals surface area contributed by atoms with Crippen LogP contribution in [0.5, 0.6) is 0 Å². The molecule has 0 saturated carbocycles. The second-order valence-corrected chi connectivity index (χ2v) is 8.26. The van der Waals surface area contributed by atoms with Gasteiger partial charge in [0.1, 0.15) is 0 Å². The number of carbonyl (C=O) groups excluding carboxylic acids is 1. The first-order valence-electron chi connectivity index (χ1n) is 11.7. The molecule has 0 fully saturated rings. The summed E-state index contributed by atoms with van der Waals surface area (Å²) in [6, 6.07) is 26.4. The number of rotatable bonds is 10. The lowest BCUT2D eigenvalue weighted by Crippen LogP contribution is -2.26. The summed E-state index contributed by atoms with van der Waals surface area (Å²) in [4.78, 5) is 17.5. The van der Waals surface area contributed by atoms with Crippen molar-refractivity contribution in [3.63, 3.8) is 0 Å². The minimum atomic E-state index is -0.490. The molecule has 1 aliphatic rings. The van der Waals surface area contributed by atoms with Gasteiger partial charge in [-0.15, -0.1) is 0 Å². The molecular formula is C28H32N2O2. The molecule has 0 amide bonds. The van der Waals surface area contributed by atoms with E-state index in [0.29, 0.717) is 5.56 Å². The Morgan fingerprint density at radius 3 is 1.84 bits per heavy atom. The van der Waals surface area contributed by atoms with Gasteiger partial charge in [0.15, 0.2) is 0 Å². The summed E-state index contributed by atoms with van der Waals surface area (Å²) in [5.74, 6) is -0.255. The average molecular weight is 429 g/mol. The lowest BCUT2D eigenvalue weighted by molar-refractivity contribution is 0.0399. The zero-order valence-corrected chi connectivity index (χ0v) is 19.0. The van der Waals surface area contributed by atoms with Crippen LogP contribution in [0, 0.1) is 0 Å². The van der Waals surface area contributed by atoms with Crippen LogP contribution in [0.4, 0.5) is 17.1 Å². The first kappa shape index (κ1) is 21.9. The first-order valence-corrected chi connectivity index (χ1v) is 11.7. The quantitative estimate of drug-likeness (QED) is 0.322. The van der Waals surface area contributed by atoms with E-state index in [1.807, 2.05) is 66.7 Å². The number of unbranched alkanes of at least 4 members (excludes halogenated alkanes) is 2. The third kappa shape index (κ3) is 4.64. The van der Waals surface area contributed by atoms with Crippen LogP contribution in [-0.4, -0.2) is 19.1 Å². The second-order valence-electron chi connectivity index (χ2n) is 8.26. The zero-order chi connectivity index (χ0) is 22.3. The SMILES string of the molecule is CCCCN(CCCC)c1ccc2c(c1)C(=O)OC2N(c1ccccc1)c1ccccc1. The first-order chi connectivity index (χ1) is 15.7. The summed E-state index contributed by atoms with van der Waals surface area (Å²) in [7, 11) is 0. The molecule has 0 radical (unpaired) electrons. The zero-order valence-electron chi connectivity index (χ0n) is 19.0. The third-order valence-corrected chi connectivity index (χ3v) is 5.97. The van der Waals surface area contributed by atoms with Crippen molar-refractivity contribution in [1.29, 1.82) is 0 Å². The van der Waals surface area contributed by atoms with Gasteiger partial charge in [-0.05, 0) is 49.2 Å². The molecule has 0 bridgehead atoms. The molecule has 4 heteroatoms. The highest BCUT2D eigenvalue weighted by molar-refractivity contribution is 5.96. The number of cyclic esters (lactones) is 1. The summed E-state index contributed by atoms with van der Waals surface area (Å²) in [5, 5.41) is 0. The standard InChI is InChI=1S/C28H32N2O2/c1-3-5-19-29(20-6-4-2)24-17-18-25-26(21-24)28(31)32-27(25)30(22-13-9-7-10-14-22)23-15-11-8-12-16-23/h7-18,21,27H,3-6,19-20H2,1-2H3. The maximum Gasteiger partial charge on any atom is 0.340 e. The van der Waals surface area contributed by atoms with Gasteiger partial charge in [0.25, 0.3) is 0 Å². The highest BCUT2D eigenvalue weighted by Crippen LogP contribution is 2.42. The number of carbonyl (C=O) groups is 1.